The molecule has 1 unspecified atom stereocenters. The van der Waals surface area contributed by atoms with Gasteiger partial charge in [-0.1, -0.05) is 18.2 Å². The van der Waals surface area contributed by atoms with E-state index < -0.39 is 0 Å². The number of hydrogen-bond donors (Lipinski definition) is 1. The fourth-order valence-corrected chi connectivity index (χ4v) is 2.70. The van der Waals surface area contributed by atoms with Crippen molar-refractivity contribution >= 4 is 11.3 Å². The van der Waals surface area contributed by atoms with E-state index in [4.69, 9.17) is 0 Å². The predicted molar refractivity (Wildman–Crippen MR) is 70.2 cm³/mol. The third-order valence-corrected chi connectivity index (χ3v) is 3.52. The van der Waals surface area contributed by atoms with E-state index in [-0.39, 0.29) is 0 Å². The van der Waals surface area contributed by atoms with Gasteiger partial charge >= 0.3 is 0 Å². The van der Waals surface area contributed by atoms with Gasteiger partial charge in [0.05, 0.1) is 5.69 Å². The van der Waals surface area contributed by atoms with Crippen LogP contribution >= 0.6 is 11.3 Å². The minimum Gasteiger partial charge on any atom is -0.314 e. The van der Waals surface area contributed by atoms with Gasteiger partial charge in [0.15, 0.2) is 0 Å². The van der Waals surface area contributed by atoms with E-state index in [0.29, 0.717) is 6.04 Å². The van der Waals surface area contributed by atoms with Crippen molar-refractivity contribution in [1.82, 2.24) is 20.3 Å². The summed E-state index contributed by atoms with van der Waals surface area (Å²) in [6.07, 6.45) is 3.97. The van der Waals surface area contributed by atoms with Crippen molar-refractivity contribution in [2.75, 3.05) is 6.54 Å². The van der Waals surface area contributed by atoms with E-state index in [9.17, 15) is 0 Å². The molecule has 0 aliphatic heterocycles. The summed E-state index contributed by atoms with van der Waals surface area (Å²) in [5.74, 6) is 0. The molecule has 2 aromatic rings. The molecule has 0 bridgehead atoms. The number of aromatic nitrogens is 3. The summed E-state index contributed by atoms with van der Waals surface area (Å²) in [4.78, 5) is 1.42. The number of aryl methyl sites for hydroxylation is 1. The molecule has 0 spiro atoms. The van der Waals surface area contributed by atoms with E-state index in [0.717, 1.165) is 25.1 Å². The minimum atomic E-state index is 0.440. The molecule has 0 saturated heterocycles. The van der Waals surface area contributed by atoms with Gasteiger partial charge in [0, 0.05) is 30.6 Å². The summed E-state index contributed by atoms with van der Waals surface area (Å²) in [6.45, 7) is 3.12. The van der Waals surface area contributed by atoms with E-state index in [1.165, 1.54) is 4.88 Å². The highest BCUT2D eigenvalue weighted by molar-refractivity contribution is 7.09. The SMILES string of the molecule is CCNC(Cc1cn(C)nn1)Cc1cccs1. The summed E-state index contributed by atoms with van der Waals surface area (Å²) < 4.78 is 1.75. The van der Waals surface area contributed by atoms with Gasteiger partial charge in [-0.15, -0.1) is 16.4 Å². The molecule has 2 heterocycles. The Labute approximate surface area is 106 Å². The average molecular weight is 250 g/mol. The van der Waals surface area contributed by atoms with Crippen LogP contribution in [-0.4, -0.2) is 27.6 Å². The van der Waals surface area contributed by atoms with Crippen LogP contribution in [0.1, 0.15) is 17.5 Å². The lowest BCUT2D eigenvalue weighted by atomic mass is 10.1. The molecule has 2 aromatic heterocycles. The largest absolute Gasteiger partial charge is 0.314 e. The zero-order valence-electron chi connectivity index (χ0n) is 10.3. The van der Waals surface area contributed by atoms with E-state index in [1.807, 2.05) is 24.6 Å². The number of likely N-dealkylation sites (N-methyl/N-ethyl adjacent to an activating group) is 1. The summed E-state index contributed by atoms with van der Waals surface area (Å²) in [7, 11) is 1.90. The van der Waals surface area contributed by atoms with Gasteiger partial charge < -0.3 is 5.32 Å². The van der Waals surface area contributed by atoms with E-state index in [1.54, 1.807) is 4.68 Å². The Balaban J connectivity index is 1.97. The molecule has 0 aromatic carbocycles. The molecule has 0 saturated carbocycles. The Bertz CT molecular complexity index is 435. The molecule has 0 radical (unpaired) electrons. The van der Waals surface area contributed by atoms with Crippen LogP contribution in [0.25, 0.3) is 0 Å². The molecule has 1 N–H and O–H groups in total. The summed E-state index contributed by atoms with van der Waals surface area (Å²) >= 11 is 1.81. The fourth-order valence-electron chi connectivity index (χ4n) is 1.92. The van der Waals surface area contributed by atoms with Gasteiger partial charge in [-0.25, -0.2) is 0 Å². The average Bonchev–Trinajstić information content (AvgIpc) is 2.91. The minimum absolute atomic E-state index is 0.440. The normalized spacial score (nSPS) is 12.8. The number of nitrogens with zero attached hydrogens (tertiary/aromatic N) is 3. The lowest BCUT2D eigenvalue weighted by molar-refractivity contribution is 0.519. The van der Waals surface area contributed by atoms with Crippen molar-refractivity contribution < 1.29 is 0 Å². The van der Waals surface area contributed by atoms with Crippen molar-refractivity contribution in [3.05, 3.63) is 34.3 Å². The first-order chi connectivity index (χ1) is 8.28. The van der Waals surface area contributed by atoms with Gasteiger partial charge in [-0.2, -0.15) is 0 Å². The number of rotatable bonds is 6. The first-order valence-corrected chi connectivity index (χ1v) is 6.77. The third kappa shape index (κ3) is 3.64. The van der Waals surface area contributed by atoms with Crippen molar-refractivity contribution in [3.63, 3.8) is 0 Å². The lowest BCUT2D eigenvalue weighted by Crippen LogP contribution is -2.32. The topological polar surface area (TPSA) is 42.7 Å². The van der Waals surface area contributed by atoms with Gasteiger partial charge in [-0.3, -0.25) is 4.68 Å². The zero-order valence-corrected chi connectivity index (χ0v) is 11.1. The van der Waals surface area contributed by atoms with Crippen LogP contribution in [0.4, 0.5) is 0 Å². The molecule has 1 atom stereocenters. The molecule has 4 nitrogen and oxygen atoms in total. The molecule has 2 rings (SSSR count). The summed E-state index contributed by atoms with van der Waals surface area (Å²) in [5, 5.41) is 13.7. The maximum atomic E-state index is 4.14. The summed E-state index contributed by atoms with van der Waals surface area (Å²) in [5.41, 5.74) is 1.05. The first kappa shape index (κ1) is 12.3. The number of nitrogens with one attached hydrogen (secondary N) is 1. The van der Waals surface area contributed by atoms with Crippen LogP contribution in [0.5, 0.6) is 0 Å². The second-order valence-corrected chi connectivity index (χ2v) is 5.16. The molecular weight excluding hydrogens is 232 g/mol. The molecule has 0 aliphatic carbocycles. The van der Waals surface area contributed by atoms with Crippen LogP contribution in [0.15, 0.2) is 23.7 Å². The van der Waals surface area contributed by atoms with Crippen LogP contribution in [0.3, 0.4) is 0 Å². The Morgan fingerprint density at radius 2 is 2.35 bits per heavy atom. The monoisotopic (exact) mass is 250 g/mol. The van der Waals surface area contributed by atoms with Crippen molar-refractivity contribution in [2.24, 2.45) is 7.05 Å². The van der Waals surface area contributed by atoms with Crippen molar-refractivity contribution in [3.8, 4) is 0 Å². The smallest absolute Gasteiger partial charge is 0.0842 e. The van der Waals surface area contributed by atoms with Gasteiger partial charge in [-0.05, 0) is 24.4 Å². The maximum absolute atomic E-state index is 4.14. The van der Waals surface area contributed by atoms with Crippen LogP contribution in [-0.2, 0) is 19.9 Å². The Morgan fingerprint density at radius 3 is 2.94 bits per heavy atom. The Hall–Kier alpha value is -1.20. The van der Waals surface area contributed by atoms with E-state index >= 15 is 0 Å². The predicted octanol–water partition coefficient (Wildman–Crippen LogP) is 1.64. The molecule has 0 amide bonds. The fraction of sp³-hybridized carbons (Fsp3) is 0.500. The Kier molecular flexibility index (Phi) is 4.28. The lowest BCUT2D eigenvalue weighted by Gasteiger charge is -2.15. The van der Waals surface area contributed by atoms with Crippen LogP contribution in [0, 0.1) is 0 Å². The zero-order chi connectivity index (χ0) is 12.1. The van der Waals surface area contributed by atoms with Gasteiger partial charge in [0.25, 0.3) is 0 Å². The standard InChI is InChI=1S/C12H18N4S/c1-3-13-10(8-12-5-4-6-17-12)7-11-9-16(2)15-14-11/h4-6,9-10,13H,3,7-8H2,1-2H3. The highest BCUT2D eigenvalue weighted by Gasteiger charge is 2.12. The quantitative estimate of drug-likeness (QED) is 0.847. The second-order valence-electron chi connectivity index (χ2n) is 4.13. The number of hydrogen-bond acceptors (Lipinski definition) is 4. The Morgan fingerprint density at radius 1 is 1.47 bits per heavy atom. The maximum Gasteiger partial charge on any atom is 0.0842 e. The van der Waals surface area contributed by atoms with Crippen molar-refractivity contribution in [1.29, 1.82) is 0 Å². The van der Waals surface area contributed by atoms with Gasteiger partial charge in [0.2, 0.25) is 0 Å². The van der Waals surface area contributed by atoms with Crippen LogP contribution in [0.2, 0.25) is 0 Å². The highest BCUT2D eigenvalue weighted by atomic mass is 32.1. The number of thiophene rings is 1. The van der Waals surface area contributed by atoms with Crippen LogP contribution < -0.4 is 5.32 Å². The molecule has 0 fully saturated rings. The molecule has 17 heavy (non-hydrogen) atoms. The van der Waals surface area contributed by atoms with Gasteiger partial charge in [0.1, 0.15) is 0 Å². The first-order valence-electron chi connectivity index (χ1n) is 5.89. The third-order valence-electron chi connectivity index (χ3n) is 2.63. The van der Waals surface area contributed by atoms with E-state index in [2.05, 4.69) is 40.1 Å². The summed E-state index contributed by atoms with van der Waals surface area (Å²) in [6, 6.07) is 4.73. The second kappa shape index (κ2) is 5.93. The molecule has 0 aliphatic rings. The molecular formula is C12H18N4S. The highest BCUT2D eigenvalue weighted by Crippen LogP contribution is 2.13. The molecule has 5 heteroatoms. The van der Waals surface area contributed by atoms with Crippen molar-refractivity contribution in [2.45, 2.75) is 25.8 Å². The molecule has 92 valence electrons.